The predicted octanol–water partition coefficient (Wildman–Crippen LogP) is 12.8. The first-order chi connectivity index (χ1) is 27.7. The van der Waals surface area contributed by atoms with E-state index in [0.717, 1.165) is 88.7 Å². The van der Waals surface area contributed by atoms with Gasteiger partial charge in [-0.25, -0.2) is 4.99 Å². The fourth-order valence-electron chi connectivity index (χ4n) is 8.32. The number of rotatable bonds is 6. The van der Waals surface area contributed by atoms with Crippen LogP contribution in [0.3, 0.4) is 0 Å². The van der Waals surface area contributed by atoms with Gasteiger partial charge >= 0.3 is 0 Å². The Kier molecular flexibility index (Phi) is 7.64. The molecule has 11 rings (SSSR count). The lowest BCUT2D eigenvalue weighted by Gasteiger charge is -2.32. The summed E-state index contributed by atoms with van der Waals surface area (Å²) >= 11 is 0. The van der Waals surface area contributed by atoms with Gasteiger partial charge in [-0.05, 0) is 63.7 Å². The summed E-state index contributed by atoms with van der Waals surface area (Å²) in [6.45, 7) is 0. The lowest BCUT2D eigenvalue weighted by molar-refractivity contribution is 0.411. The number of nitrogens with one attached hydrogen (secondary N) is 2. The Labute approximate surface area is 323 Å². The Hall–Kier alpha value is -7.21. The molecule has 0 saturated carbocycles. The lowest BCUT2D eigenvalue weighted by atomic mass is 9.92. The average Bonchev–Trinajstić information content (AvgIpc) is 3.86. The molecule has 0 radical (unpaired) electrons. The molecule has 0 spiro atoms. The fourth-order valence-corrected chi connectivity index (χ4v) is 8.32. The first kappa shape index (κ1) is 32.2. The van der Waals surface area contributed by atoms with E-state index >= 15 is 0 Å². The van der Waals surface area contributed by atoms with Gasteiger partial charge in [-0.1, -0.05) is 158 Å². The first-order valence-corrected chi connectivity index (χ1v) is 19.0. The van der Waals surface area contributed by atoms with Gasteiger partial charge in [0.15, 0.2) is 0 Å². The summed E-state index contributed by atoms with van der Waals surface area (Å²) in [6.07, 6.45) is -0.525. The molecule has 3 heterocycles. The number of fused-ring (bicyclic) bond motifs is 6. The van der Waals surface area contributed by atoms with E-state index in [2.05, 4.69) is 168 Å². The van der Waals surface area contributed by atoms with E-state index in [-0.39, 0.29) is 12.3 Å². The van der Waals surface area contributed by atoms with Crippen LogP contribution in [0.25, 0.3) is 77.3 Å². The smallest absolute Gasteiger partial charge is 0.143 e. The molecule has 56 heavy (non-hydrogen) atoms. The largest absolute Gasteiger partial charge is 0.456 e. The Balaban J connectivity index is 1.14. The summed E-state index contributed by atoms with van der Waals surface area (Å²) < 4.78 is 13.4. The second kappa shape index (κ2) is 13.3. The van der Waals surface area contributed by atoms with Crippen LogP contribution in [0, 0.1) is 0 Å². The molecule has 2 unspecified atom stereocenters. The van der Waals surface area contributed by atoms with Gasteiger partial charge in [0.25, 0.3) is 0 Å². The maximum absolute atomic E-state index is 6.98. The Morgan fingerprint density at radius 3 is 1.80 bits per heavy atom. The Morgan fingerprint density at radius 1 is 0.429 bits per heavy atom. The predicted molar refractivity (Wildman–Crippen MR) is 228 cm³/mol. The SMILES string of the molecule is c1ccc(C2=NC(c3ccccc3)NC(c3cccc4oc5c(-c6cccc7oc8ccccc8c67)cc(-c6ccc(-c7ccccc7)cc6)cc5c34)N2)cc1. The molecular formula is C51H35N3O2. The van der Waals surface area contributed by atoms with E-state index in [1.54, 1.807) is 0 Å². The van der Waals surface area contributed by atoms with Gasteiger partial charge < -0.3 is 14.2 Å². The number of hydrogen-bond acceptors (Lipinski definition) is 5. The number of aliphatic imine (C=N–C) groups is 1. The summed E-state index contributed by atoms with van der Waals surface area (Å²) in [4.78, 5) is 5.18. The third kappa shape index (κ3) is 5.48. The summed E-state index contributed by atoms with van der Waals surface area (Å²) in [6, 6.07) is 65.7. The van der Waals surface area contributed by atoms with Crippen molar-refractivity contribution in [1.82, 2.24) is 10.6 Å². The molecule has 2 atom stereocenters. The topological polar surface area (TPSA) is 62.7 Å². The third-order valence-electron chi connectivity index (χ3n) is 11.0. The van der Waals surface area contributed by atoms with Crippen molar-refractivity contribution in [3.05, 3.63) is 205 Å². The molecule has 0 amide bonds. The van der Waals surface area contributed by atoms with E-state index in [9.17, 15) is 0 Å². The molecule has 0 aliphatic carbocycles. The van der Waals surface area contributed by atoms with Gasteiger partial charge in [0.05, 0.1) is 0 Å². The quantitative estimate of drug-likeness (QED) is 0.179. The van der Waals surface area contributed by atoms with Crippen molar-refractivity contribution < 1.29 is 8.83 Å². The molecule has 5 nitrogen and oxygen atoms in total. The number of para-hydroxylation sites is 1. The molecule has 0 bridgehead atoms. The van der Waals surface area contributed by atoms with Crippen LogP contribution in [-0.4, -0.2) is 5.84 Å². The molecule has 10 aromatic rings. The second-order valence-electron chi connectivity index (χ2n) is 14.3. The van der Waals surface area contributed by atoms with E-state index in [4.69, 9.17) is 13.8 Å². The van der Waals surface area contributed by atoms with Crippen LogP contribution in [0.1, 0.15) is 29.0 Å². The molecule has 1 aliphatic heterocycles. The van der Waals surface area contributed by atoms with E-state index in [1.807, 2.05) is 30.3 Å². The molecule has 1 aliphatic rings. The highest BCUT2D eigenvalue weighted by Crippen LogP contribution is 2.45. The summed E-state index contributed by atoms with van der Waals surface area (Å²) in [5.41, 5.74) is 13.3. The Morgan fingerprint density at radius 2 is 1.04 bits per heavy atom. The molecule has 0 fully saturated rings. The van der Waals surface area contributed by atoms with Crippen LogP contribution in [0.4, 0.5) is 0 Å². The molecule has 2 aromatic heterocycles. The number of furan rings is 2. The summed E-state index contributed by atoms with van der Waals surface area (Å²) in [7, 11) is 0. The van der Waals surface area contributed by atoms with E-state index < -0.39 is 0 Å². The van der Waals surface area contributed by atoms with Crippen LogP contribution in [-0.2, 0) is 0 Å². The monoisotopic (exact) mass is 721 g/mol. The highest BCUT2D eigenvalue weighted by atomic mass is 16.3. The molecule has 0 saturated heterocycles. The van der Waals surface area contributed by atoms with Crippen molar-refractivity contribution in [2.45, 2.75) is 12.3 Å². The average molecular weight is 722 g/mol. The van der Waals surface area contributed by atoms with Crippen LogP contribution in [0.5, 0.6) is 0 Å². The number of hydrogen-bond donors (Lipinski definition) is 2. The van der Waals surface area contributed by atoms with Crippen molar-refractivity contribution in [3.8, 4) is 33.4 Å². The number of nitrogens with zero attached hydrogens (tertiary/aromatic N) is 1. The van der Waals surface area contributed by atoms with Crippen LogP contribution < -0.4 is 10.6 Å². The van der Waals surface area contributed by atoms with Gasteiger partial charge in [0, 0.05) is 38.2 Å². The van der Waals surface area contributed by atoms with Gasteiger partial charge in [-0.2, -0.15) is 0 Å². The highest BCUT2D eigenvalue weighted by Gasteiger charge is 2.29. The zero-order chi connectivity index (χ0) is 37.0. The minimum absolute atomic E-state index is 0.257. The van der Waals surface area contributed by atoms with Crippen molar-refractivity contribution >= 4 is 49.7 Å². The summed E-state index contributed by atoms with van der Waals surface area (Å²) in [5.74, 6) is 0.839. The van der Waals surface area contributed by atoms with Crippen molar-refractivity contribution in [3.63, 3.8) is 0 Å². The minimum Gasteiger partial charge on any atom is -0.456 e. The maximum atomic E-state index is 6.98. The lowest BCUT2D eigenvalue weighted by Crippen LogP contribution is -2.45. The number of benzene rings is 8. The van der Waals surface area contributed by atoms with Gasteiger partial charge in [-0.3, -0.25) is 5.32 Å². The minimum atomic E-state index is -0.268. The van der Waals surface area contributed by atoms with Crippen LogP contribution in [0.2, 0.25) is 0 Å². The second-order valence-corrected chi connectivity index (χ2v) is 14.3. The maximum Gasteiger partial charge on any atom is 0.143 e. The summed E-state index contributed by atoms with van der Waals surface area (Å²) in [5, 5.41) is 11.9. The van der Waals surface area contributed by atoms with Gasteiger partial charge in [0.1, 0.15) is 40.5 Å². The Bertz CT molecular complexity index is 3070. The molecule has 266 valence electrons. The molecule has 5 heteroatoms. The zero-order valence-corrected chi connectivity index (χ0v) is 30.3. The van der Waals surface area contributed by atoms with Crippen molar-refractivity contribution in [2.24, 2.45) is 4.99 Å². The molecule has 8 aromatic carbocycles. The van der Waals surface area contributed by atoms with E-state index in [1.165, 1.54) is 11.1 Å². The third-order valence-corrected chi connectivity index (χ3v) is 11.0. The van der Waals surface area contributed by atoms with Crippen molar-refractivity contribution in [1.29, 1.82) is 0 Å². The van der Waals surface area contributed by atoms with Crippen molar-refractivity contribution in [2.75, 3.05) is 0 Å². The standard InChI is InChI=1S/C51H35N3O2/c1-4-14-32(15-5-1)33-26-28-34(29-27-33)37-30-41(38-21-12-24-44-46(38)39-20-10-11-23-43(39)55-44)48-42(31-37)47-40(22-13-25-45(47)56-48)51-53-49(35-16-6-2-7-17-35)52-50(54-51)36-18-8-3-9-19-36/h1-31,49,51,53H,(H,52,54). The van der Waals surface area contributed by atoms with Crippen LogP contribution in [0.15, 0.2) is 202 Å². The number of amidine groups is 1. The fraction of sp³-hybridized carbons (Fsp3) is 0.0392. The van der Waals surface area contributed by atoms with Crippen LogP contribution >= 0.6 is 0 Å². The zero-order valence-electron chi connectivity index (χ0n) is 30.3. The molecule has 2 N–H and O–H groups in total. The normalized spacial score (nSPS) is 15.7. The molecular weight excluding hydrogens is 687 g/mol. The van der Waals surface area contributed by atoms with E-state index in [0.29, 0.717) is 0 Å². The van der Waals surface area contributed by atoms with Gasteiger partial charge in [0.2, 0.25) is 0 Å². The first-order valence-electron chi connectivity index (χ1n) is 19.0. The van der Waals surface area contributed by atoms with Gasteiger partial charge in [-0.15, -0.1) is 0 Å². The highest BCUT2D eigenvalue weighted by molar-refractivity contribution is 6.18.